The van der Waals surface area contributed by atoms with Crippen LogP contribution in [-0.4, -0.2) is 15.0 Å². The van der Waals surface area contributed by atoms with Gasteiger partial charge < -0.3 is 4.42 Å². The molecule has 2 heterocycles. The summed E-state index contributed by atoms with van der Waals surface area (Å²) < 4.78 is 8.54. The van der Waals surface area contributed by atoms with Crippen LogP contribution in [0.1, 0.15) is 0 Å². The molecule has 4 heteroatoms. The molecule has 40 heavy (non-hydrogen) atoms. The quantitative estimate of drug-likeness (QED) is 0.237. The maximum atomic E-state index is 6.55. The van der Waals surface area contributed by atoms with Gasteiger partial charge in [-0.15, -0.1) is 5.10 Å². The van der Waals surface area contributed by atoms with E-state index in [0.717, 1.165) is 50.1 Å². The van der Waals surface area contributed by atoms with Crippen molar-refractivity contribution in [3.63, 3.8) is 0 Å². The zero-order valence-electron chi connectivity index (χ0n) is 21.4. The fraction of sp³-hybridized carbons (Fsp3) is 0. The monoisotopic (exact) mass is 511 g/mol. The molecule has 0 spiro atoms. The zero-order valence-corrected chi connectivity index (χ0v) is 21.4. The number of aromatic nitrogens is 3. The van der Waals surface area contributed by atoms with Crippen LogP contribution in [0.4, 0.5) is 0 Å². The minimum absolute atomic E-state index is 0.840. The van der Waals surface area contributed by atoms with E-state index in [-0.39, 0.29) is 0 Å². The van der Waals surface area contributed by atoms with Crippen LogP contribution in [0.15, 0.2) is 132 Å². The van der Waals surface area contributed by atoms with Gasteiger partial charge in [0.2, 0.25) is 0 Å². The highest BCUT2D eigenvalue weighted by Gasteiger charge is 2.32. The Kier molecular flexibility index (Phi) is 4.30. The zero-order chi connectivity index (χ0) is 26.2. The molecule has 0 N–H and O–H groups in total. The number of nitrogens with zero attached hydrogens (tertiary/aromatic N) is 3. The summed E-state index contributed by atoms with van der Waals surface area (Å²) in [7, 11) is 0. The van der Waals surface area contributed by atoms with Gasteiger partial charge >= 0.3 is 0 Å². The molecular formula is C36H21N3O. The lowest BCUT2D eigenvalue weighted by molar-refractivity contribution is 0.669. The Morgan fingerprint density at radius 2 is 1.27 bits per heavy atom. The topological polar surface area (TPSA) is 43.9 Å². The molecule has 1 aliphatic rings. The molecule has 9 rings (SSSR count). The lowest BCUT2D eigenvalue weighted by Crippen LogP contribution is -2.01. The number of furan rings is 1. The molecule has 0 saturated heterocycles. The molecule has 0 unspecified atom stereocenters. The van der Waals surface area contributed by atoms with Gasteiger partial charge in [-0.2, -0.15) is 0 Å². The SMILES string of the molecule is c1ccc(-c2nnn(-c3ccccc3)c2-c2c3c(cc4oc5ccccc5c24)-c2cccc4cccc-3c24)cc1. The van der Waals surface area contributed by atoms with Crippen molar-refractivity contribution in [2.75, 3.05) is 0 Å². The summed E-state index contributed by atoms with van der Waals surface area (Å²) in [6, 6.07) is 44.3. The molecule has 0 bridgehead atoms. The van der Waals surface area contributed by atoms with Gasteiger partial charge in [0.1, 0.15) is 22.6 Å². The largest absolute Gasteiger partial charge is 0.456 e. The van der Waals surface area contributed by atoms with E-state index in [1.807, 2.05) is 41.1 Å². The van der Waals surface area contributed by atoms with Gasteiger partial charge in [0, 0.05) is 27.5 Å². The van der Waals surface area contributed by atoms with Gasteiger partial charge in [0.15, 0.2) is 0 Å². The molecule has 8 aromatic rings. The minimum Gasteiger partial charge on any atom is -0.456 e. The van der Waals surface area contributed by atoms with E-state index in [9.17, 15) is 0 Å². The molecule has 0 radical (unpaired) electrons. The molecule has 0 amide bonds. The summed E-state index contributed by atoms with van der Waals surface area (Å²) in [6.45, 7) is 0. The summed E-state index contributed by atoms with van der Waals surface area (Å²) in [4.78, 5) is 0. The molecule has 2 aromatic heterocycles. The van der Waals surface area contributed by atoms with Crippen molar-refractivity contribution in [3.05, 3.63) is 127 Å². The maximum absolute atomic E-state index is 6.55. The normalized spacial score (nSPS) is 12.0. The second kappa shape index (κ2) is 8.01. The number of rotatable bonds is 3. The van der Waals surface area contributed by atoms with Gasteiger partial charge in [-0.25, -0.2) is 4.68 Å². The maximum Gasteiger partial charge on any atom is 0.136 e. The summed E-state index contributed by atoms with van der Waals surface area (Å²) in [5, 5.41) is 14.3. The van der Waals surface area contributed by atoms with Crippen molar-refractivity contribution in [2.45, 2.75) is 0 Å². The first-order valence-corrected chi connectivity index (χ1v) is 13.4. The molecule has 0 aliphatic heterocycles. The molecule has 4 nitrogen and oxygen atoms in total. The van der Waals surface area contributed by atoms with E-state index in [1.165, 1.54) is 33.0 Å². The van der Waals surface area contributed by atoms with Crippen molar-refractivity contribution >= 4 is 32.7 Å². The lowest BCUT2D eigenvalue weighted by atomic mass is 9.90. The smallest absolute Gasteiger partial charge is 0.136 e. The summed E-state index contributed by atoms with van der Waals surface area (Å²) in [5.41, 5.74) is 11.4. The second-order valence-corrected chi connectivity index (χ2v) is 10.3. The fourth-order valence-electron chi connectivity index (χ4n) is 6.44. The highest BCUT2D eigenvalue weighted by atomic mass is 16.3. The Labute approximate surface area is 229 Å². The third kappa shape index (κ3) is 2.85. The van der Waals surface area contributed by atoms with Crippen molar-refractivity contribution in [1.82, 2.24) is 15.0 Å². The summed E-state index contributed by atoms with van der Waals surface area (Å²) in [5.74, 6) is 0. The third-order valence-corrected chi connectivity index (χ3v) is 8.09. The summed E-state index contributed by atoms with van der Waals surface area (Å²) in [6.07, 6.45) is 0. The van der Waals surface area contributed by atoms with Crippen LogP contribution < -0.4 is 0 Å². The second-order valence-electron chi connectivity index (χ2n) is 10.3. The van der Waals surface area contributed by atoms with E-state index in [4.69, 9.17) is 14.7 Å². The van der Waals surface area contributed by atoms with Gasteiger partial charge in [-0.3, -0.25) is 0 Å². The molecule has 186 valence electrons. The average Bonchev–Trinajstić information content (AvgIpc) is 3.71. The predicted molar refractivity (Wildman–Crippen MR) is 161 cm³/mol. The van der Waals surface area contributed by atoms with Gasteiger partial charge in [-0.05, 0) is 51.7 Å². The lowest BCUT2D eigenvalue weighted by Gasteiger charge is -2.15. The number of hydrogen-bond acceptors (Lipinski definition) is 3. The number of benzene rings is 6. The van der Waals surface area contributed by atoms with E-state index in [1.54, 1.807) is 0 Å². The van der Waals surface area contributed by atoms with Crippen molar-refractivity contribution in [2.24, 2.45) is 0 Å². The number of para-hydroxylation sites is 2. The van der Waals surface area contributed by atoms with Crippen molar-refractivity contribution < 1.29 is 4.42 Å². The predicted octanol–water partition coefficient (Wildman–Crippen LogP) is 9.30. The first-order chi connectivity index (χ1) is 19.9. The highest BCUT2D eigenvalue weighted by molar-refractivity contribution is 6.26. The average molecular weight is 512 g/mol. The van der Waals surface area contributed by atoms with Crippen LogP contribution in [0.25, 0.3) is 83.2 Å². The Morgan fingerprint density at radius 1 is 0.550 bits per heavy atom. The Balaban J connectivity index is 1.53. The first kappa shape index (κ1) is 21.5. The molecule has 0 atom stereocenters. The van der Waals surface area contributed by atoms with E-state index in [2.05, 4.69) is 91.0 Å². The Hall–Kier alpha value is -5.48. The van der Waals surface area contributed by atoms with Crippen LogP contribution in [-0.2, 0) is 0 Å². The number of fused-ring (bicyclic) bond motifs is 6. The molecule has 0 saturated carbocycles. The van der Waals surface area contributed by atoms with Crippen LogP contribution in [0.5, 0.6) is 0 Å². The number of hydrogen-bond donors (Lipinski definition) is 0. The van der Waals surface area contributed by atoms with Gasteiger partial charge in [-0.1, -0.05) is 108 Å². The molecular weight excluding hydrogens is 490 g/mol. The van der Waals surface area contributed by atoms with E-state index < -0.39 is 0 Å². The highest BCUT2D eigenvalue weighted by Crippen LogP contribution is 2.55. The van der Waals surface area contributed by atoms with Crippen molar-refractivity contribution in [1.29, 1.82) is 0 Å². The van der Waals surface area contributed by atoms with Gasteiger partial charge in [0.05, 0.1) is 5.69 Å². The third-order valence-electron chi connectivity index (χ3n) is 8.09. The molecule has 0 fully saturated rings. The van der Waals surface area contributed by atoms with Crippen LogP contribution >= 0.6 is 0 Å². The van der Waals surface area contributed by atoms with E-state index in [0.29, 0.717) is 0 Å². The van der Waals surface area contributed by atoms with Crippen molar-refractivity contribution in [3.8, 4) is 50.5 Å². The van der Waals surface area contributed by atoms with Gasteiger partial charge in [0.25, 0.3) is 0 Å². The summed E-state index contributed by atoms with van der Waals surface area (Å²) >= 11 is 0. The minimum atomic E-state index is 0.840. The fourth-order valence-corrected chi connectivity index (χ4v) is 6.44. The van der Waals surface area contributed by atoms with Crippen LogP contribution in [0, 0.1) is 0 Å². The standard InChI is InChI=1S/C36H21N3O/c1-3-11-23(12-4-1)35-36(39(38-37-35)24-15-5-2-6-16-24)34-32-27-19-10-14-22-13-9-18-25(31(22)27)28(32)21-30-33(34)26-17-7-8-20-29(26)40-30/h1-21H. The molecule has 6 aromatic carbocycles. The van der Waals surface area contributed by atoms with Crippen LogP contribution in [0.2, 0.25) is 0 Å². The molecule has 1 aliphatic carbocycles. The Morgan fingerprint density at radius 3 is 2.10 bits per heavy atom. The van der Waals surface area contributed by atoms with E-state index >= 15 is 0 Å². The Bertz CT molecular complexity index is 2200. The van der Waals surface area contributed by atoms with Crippen LogP contribution in [0.3, 0.4) is 0 Å². The first-order valence-electron chi connectivity index (χ1n) is 13.4.